The van der Waals surface area contributed by atoms with Crippen LogP contribution in [0.25, 0.3) is 6.20 Å². The van der Waals surface area contributed by atoms with E-state index in [1.54, 1.807) is 35.2 Å². The number of nitrogens with two attached hydrogens (primary N) is 1. The molecule has 90 valence electrons. The largest absolute Gasteiger partial charge is 0.289 e. The topological polar surface area (TPSA) is 47.0 Å². The Hall–Kier alpha value is -1.94. The summed E-state index contributed by atoms with van der Waals surface area (Å²) in [5, 5.41) is 0. The number of aromatic nitrogens is 1. The number of allylic oxidation sites excluding steroid dienone is 1. The Kier molecular flexibility index (Phi) is 3.89. The van der Waals surface area contributed by atoms with E-state index < -0.39 is 0 Å². The third-order valence-electron chi connectivity index (χ3n) is 2.42. The van der Waals surface area contributed by atoms with Crippen molar-refractivity contribution in [3.8, 4) is 0 Å². The minimum absolute atomic E-state index is 0.0629. The molecule has 4 heteroatoms. The Morgan fingerprint density at radius 1 is 1.22 bits per heavy atom. The van der Waals surface area contributed by atoms with E-state index in [2.05, 4.69) is 15.9 Å². The van der Waals surface area contributed by atoms with Crippen LogP contribution in [0.15, 0.2) is 59.2 Å². The highest BCUT2D eigenvalue weighted by Gasteiger charge is 2.03. The summed E-state index contributed by atoms with van der Waals surface area (Å²) in [7, 11) is 0. The average molecular weight is 304 g/mol. The van der Waals surface area contributed by atoms with E-state index in [0.717, 1.165) is 4.47 Å². The van der Waals surface area contributed by atoms with Crippen LogP contribution in [-0.2, 0) is 0 Å². The fourth-order valence-corrected chi connectivity index (χ4v) is 1.89. The van der Waals surface area contributed by atoms with Gasteiger partial charge in [0.15, 0.2) is 5.78 Å². The molecular weight excluding hydrogens is 292 g/mol. The van der Waals surface area contributed by atoms with Crippen molar-refractivity contribution in [3.63, 3.8) is 0 Å². The molecule has 18 heavy (non-hydrogen) atoms. The van der Waals surface area contributed by atoms with Crippen molar-refractivity contribution in [2.24, 2.45) is 0 Å². The molecule has 0 aliphatic carbocycles. The van der Waals surface area contributed by atoms with Gasteiger partial charge in [-0.2, -0.15) is 0 Å². The lowest BCUT2D eigenvalue weighted by atomic mass is 10.1. The second kappa shape index (κ2) is 5.60. The highest BCUT2D eigenvalue weighted by atomic mass is 79.9. The first-order chi connectivity index (χ1) is 8.66. The lowest BCUT2D eigenvalue weighted by Gasteiger charge is -1.97. The predicted molar refractivity (Wildman–Crippen MR) is 74.9 cm³/mol. The van der Waals surface area contributed by atoms with Gasteiger partial charge in [0.1, 0.15) is 0 Å². The van der Waals surface area contributed by atoms with Gasteiger partial charge in [-0.3, -0.25) is 10.5 Å². The zero-order valence-corrected chi connectivity index (χ0v) is 11.2. The zero-order valence-electron chi connectivity index (χ0n) is 9.58. The summed E-state index contributed by atoms with van der Waals surface area (Å²) in [4.78, 5) is 11.9. The molecule has 0 saturated heterocycles. The molecule has 0 bridgehead atoms. The number of rotatable bonds is 3. The van der Waals surface area contributed by atoms with Gasteiger partial charge in [-0.15, -0.1) is 0 Å². The summed E-state index contributed by atoms with van der Waals surface area (Å²) in [6, 6.07) is 12.7. The second-order valence-corrected chi connectivity index (χ2v) is 4.64. The van der Waals surface area contributed by atoms with E-state index in [9.17, 15) is 4.79 Å². The van der Waals surface area contributed by atoms with E-state index in [1.807, 2.05) is 24.3 Å². The van der Waals surface area contributed by atoms with E-state index in [0.29, 0.717) is 11.4 Å². The van der Waals surface area contributed by atoms with Gasteiger partial charge in [0.25, 0.3) is 5.82 Å². The van der Waals surface area contributed by atoms with Crippen molar-refractivity contribution < 1.29 is 9.36 Å². The molecule has 0 spiro atoms. The molecule has 1 aromatic heterocycles. The molecule has 2 N–H and O–H groups in total. The predicted octanol–water partition coefficient (Wildman–Crippen LogP) is 2.67. The molecule has 1 heterocycles. The van der Waals surface area contributed by atoms with E-state index in [1.165, 1.54) is 6.08 Å². The Morgan fingerprint density at radius 3 is 2.78 bits per heavy atom. The van der Waals surface area contributed by atoms with Crippen LogP contribution in [0.4, 0.5) is 5.82 Å². The minimum atomic E-state index is -0.0629. The molecule has 0 aliphatic heterocycles. The molecule has 0 saturated carbocycles. The van der Waals surface area contributed by atoms with Crippen LogP contribution in [0, 0.1) is 0 Å². The number of pyridine rings is 1. The Morgan fingerprint density at radius 2 is 2.06 bits per heavy atom. The lowest BCUT2D eigenvalue weighted by Crippen LogP contribution is -2.29. The van der Waals surface area contributed by atoms with Gasteiger partial charge in [-0.25, -0.2) is 4.57 Å². The van der Waals surface area contributed by atoms with Crippen LogP contribution in [0.5, 0.6) is 0 Å². The highest BCUT2D eigenvalue weighted by molar-refractivity contribution is 9.10. The third-order valence-corrected chi connectivity index (χ3v) is 2.91. The maximum absolute atomic E-state index is 11.9. The number of nitrogens with zero attached hydrogens (tertiary/aromatic N) is 1. The molecule has 0 fully saturated rings. The average Bonchev–Trinajstić information content (AvgIpc) is 2.37. The van der Waals surface area contributed by atoms with Gasteiger partial charge in [0.05, 0.1) is 12.4 Å². The van der Waals surface area contributed by atoms with Crippen molar-refractivity contribution in [1.29, 1.82) is 0 Å². The highest BCUT2D eigenvalue weighted by Crippen LogP contribution is 2.12. The zero-order chi connectivity index (χ0) is 13.0. The summed E-state index contributed by atoms with van der Waals surface area (Å²) in [5.41, 5.74) is 6.40. The monoisotopic (exact) mass is 303 g/mol. The number of hydrogen-bond donors (Lipinski definition) is 1. The number of hydrogen-bond acceptors (Lipinski definition) is 2. The standard InChI is InChI=1S/C14H11BrN2O/c15-12-5-3-4-11(10-12)13(18)7-9-17-8-2-1-6-14(17)16/h1-10,16H/p+1/b9-7+. The number of carbonyl (C=O) groups is 1. The molecule has 0 unspecified atom stereocenters. The van der Waals surface area contributed by atoms with Crippen molar-refractivity contribution >= 4 is 33.7 Å². The first-order valence-corrected chi connectivity index (χ1v) is 6.20. The van der Waals surface area contributed by atoms with Crippen molar-refractivity contribution in [3.05, 3.63) is 64.8 Å². The van der Waals surface area contributed by atoms with E-state index in [4.69, 9.17) is 5.73 Å². The van der Waals surface area contributed by atoms with Crippen LogP contribution >= 0.6 is 15.9 Å². The van der Waals surface area contributed by atoms with Gasteiger partial charge in [0, 0.05) is 22.2 Å². The van der Waals surface area contributed by atoms with Crippen LogP contribution in [0.2, 0.25) is 0 Å². The van der Waals surface area contributed by atoms with Crippen LogP contribution < -0.4 is 10.3 Å². The number of halogens is 1. The van der Waals surface area contributed by atoms with Crippen molar-refractivity contribution in [2.45, 2.75) is 0 Å². The summed E-state index contributed by atoms with van der Waals surface area (Å²) in [5.74, 6) is 0.517. The Balaban J connectivity index is 2.20. The molecule has 0 atom stereocenters. The normalized spacial score (nSPS) is 10.7. The van der Waals surface area contributed by atoms with Crippen molar-refractivity contribution in [1.82, 2.24) is 0 Å². The van der Waals surface area contributed by atoms with Gasteiger partial charge < -0.3 is 0 Å². The summed E-state index contributed by atoms with van der Waals surface area (Å²) in [6.07, 6.45) is 4.94. The van der Waals surface area contributed by atoms with Gasteiger partial charge in [-0.1, -0.05) is 34.1 Å². The fourth-order valence-electron chi connectivity index (χ4n) is 1.49. The Bertz CT molecular complexity index is 608. The first-order valence-electron chi connectivity index (χ1n) is 5.40. The van der Waals surface area contributed by atoms with Gasteiger partial charge in [0.2, 0.25) is 0 Å². The number of anilines is 1. The number of ketones is 1. The smallest absolute Gasteiger partial charge is 0.276 e. The molecule has 0 radical (unpaired) electrons. The maximum atomic E-state index is 11.9. The number of benzene rings is 1. The minimum Gasteiger partial charge on any atom is -0.289 e. The van der Waals surface area contributed by atoms with Gasteiger partial charge in [-0.05, 0) is 18.2 Å². The first kappa shape index (κ1) is 12.5. The fraction of sp³-hybridized carbons (Fsp3) is 0. The summed E-state index contributed by atoms with van der Waals surface area (Å²) >= 11 is 3.34. The van der Waals surface area contributed by atoms with Crippen LogP contribution in [-0.4, -0.2) is 5.78 Å². The quantitative estimate of drug-likeness (QED) is 0.538. The van der Waals surface area contributed by atoms with Crippen LogP contribution in [0.3, 0.4) is 0 Å². The number of nitrogen functional groups attached to an aromatic ring is 1. The summed E-state index contributed by atoms with van der Waals surface area (Å²) in [6.45, 7) is 0. The molecule has 3 nitrogen and oxygen atoms in total. The molecular formula is C14H12BrN2O+. The third kappa shape index (κ3) is 3.05. The van der Waals surface area contributed by atoms with Crippen LogP contribution in [0.1, 0.15) is 10.4 Å². The molecule has 1 aromatic carbocycles. The lowest BCUT2D eigenvalue weighted by molar-refractivity contribution is -0.552. The molecule has 0 amide bonds. The van der Waals surface area contributed by atoms with E-state index >= 15 is 0 Å². The number of carbonyl (C=O) groups excluding carboxylic acids is 1. The van der Waals surface area contributed by atoms with E-state index in [-0.39, 0.29) is 5.78 Å². The molecule has 0 aliphatic rings. The molecule has 2 aromatic rings. The molecule has 2 rings (SSSR count). The van der Waals surface area contributed by atoms with Crippen molar-refractivity contribution in [2.75, 3.05) is 5.73 Å². The SMILES string of the molecule is Nc1cccc[n+]1/C=C/C(=O)c1cccc(Br)c1. The van der Waals surface area contributed by atoms with Gasteiger partial charge >= 0.3 is 0 Å². The second-order valence-electron chi connectivity index (χ2n) is 3.72. The Labute approximate surface area is 114 Å². The summed E-state index contributed by atoms with van der Waals surface area (Å²) < 4.78 is 2.57. The maximum Gasteiger partial charge on any atom is 0.276 e.